The molecule has 0 saturated heterocycles. The summed E-state index contributed by atoms with van der Waals surface area (Å²) in [6, 6.07) is 11.2. The number of nitrogens with one attached hydrogen (secondary N) is 1. The second kappa shape index (κ2) is 9.40. The van der Waals surface area contributed by atoms with Crippen LogP contribution in [-0.2, 0) is 14.3 Å². The monoisotopic (exact) mass is 386 g/mol. The number of hydrogen-bond donors (Lipinski definition) is 1. The van der Waals surface area contributed by atoms with Gasteiger partial charge in [-0.2, -0.15) is 0 Å². The molecule has 0 aliphatic carbocycles. The lowest BCUT2D eigenvalue weighted by Crippen LogP contribution is -2.36. The van der Waals surface area contributed by atoms with Crippen LogP contribution in [0.5, 0.6) is 11.5 Å². The number of rotatable bonds is 7. The zero-order valence-corrected chi connectivity index (χ0v) is 16.1. The molecule has 0 radical (unpaired) electrons. The average Bonchev–Trinajstić information content (AvgIpc) is 2.71. The summed E-state index contributed by atoms with van der Waals surface area (Å²) in [4.78, 5) is 37.3. The van der Waals surface area contributed by atoms with Gasteiger partial charge in [-0.15, -0.1) is 0 Å². The van der Waals surface area contributed by atoms with Crippen LogP contribution >= 0.6 is 0 Å². The predicted molar refractivity (Wildman–Crippen MR) is 104 cm³/mol. The van der Waals surface area contributed by atoms with Crippen molar-refractivity contribution in [1.29, 1.82) is 0 Å². The van der Waals surface area contributed by atoms with E-state index in [-0.39, 0.29) is 12.5 Å². The van der Waals surface area contributed by atoms with Gasteiger partial charge in [0.1, 0.15) is 18.0 Å². The molecule has 2 rings (SSSR count). The minimum Gasteiger partial charge on any atom is -0.497 e. The Bertz CT molecular complexity index is 863. The van der Waals surface area contributed by atoms with E-state index in [1.165, 1.54) is 45.3 Å². The number of anilines is 2. The van der Waals surface area contributed by atoms with Crippen LogP contribution < -0.4 is 19.7 Å². The molecule has 0 atom stereocenters. The second-order valence-corrected chi connectivity index (χ2v) is 5.76. The average molecular weight is 386 g/mol. The fraction of sp³-hybridized carbons (Fsp3) is 0.250. The molecular weight excluding hydrogens is 364 g/mol. The zero-order chi connectivity index (χ0) is 20.7. The van der Waals surface area contributed by atoms with Crippen LogP contribution in [0.25, 0.3) is 0 Å². The minimum atomic E-state index is -0.466. The van der Waals surface area contributed by atoms with Gasteiger partial charge in [0.15, 0.2) is 0 Å². The van der Waals surface area contributed by atoms with Gasteiger partial charge in [-0.1, -0.05) is 0 Å². The Morgan fingerprint density at radius 3 is 2.18 bits per heavy atom. The Hall–Kier alpha value is -3.55. The molecule has 0 aromatic heterocycles. The lowest BCUT2D eigenvalue weighted by Gasteiger charge is -2.23. The Morgan fingerprint density at radius 2 is 1.64 bits per heavy atom. The van der Waals surface area contributed by atoms with E-state index in [0.29, 0.717) is 28.4 Å². The van der Waals surface area contributed by atoms with Gasteiger partial charge in [0, 0.05) is 18.7 Å². The molecule has 0 spiro atoms. The summed E-state index contributed by atoms with van der Waals surface area (Å²) in [5.74, 6) is -0.213. The van der Waals surface area contributed by atoms with E-state index in [1.807, 2.05) is 0 Å². The summed E-state index contributed by atoms with van der Waals surface area (Å²) in [6.07, 6.45) is 0. The molecule has 0 saturated carbocycles. The first-order chi connectivity index (χ1) is 13.4. The molecular formula is C20H22N2O6. The summed E-state index contributed by atoms with van der Waals surface area (Å²) in [6.45, 7) is 1.15. The van der Waals surface area contributed by atoms with E-state index in [9.17, 15) is 14.4 Å². The van der Waals surface area contributed by atoms with Crippen LogP contribution in [0.1, 0.15) is 17.3 Å². The van der Waals surface area contributed by atoms with E-state index in [1.54, 1.807) is 30.3 Å². The number of ether oxygens (including phenoxy) is 3. The molecule has 2 aromatic rings. The van der Waals surface area contributed by atoms with Crippen LogP contribution in [0.15, 0.2) is 42.5 Å². The third-order valence-electron chi connectivity index (χ3n) is 3.95. The highest BCUT2D eigenvalue weighted by Gasteiger charge is 2.20. The van der Waals surface area contributed by atoms with Crippen LogP contribution in [0.2, 0.25) is 0 Å². The molecule has 0 fully saturated rings. The predicted octanol–water partition coefficient (Wildman–Crippen LogP) is 2.48. The Morgan fingerprint density at radius 1 is 0.964 bits per heavy atom. The number of hydrogen-bond acceptors (Lipinski definition) is 6. The van der Waals surface area contributed by atoms with Gasteiger partial charge >= 0.3 is 5.97 Å². The van der Waals surface area contributed by atoms with Crippen molar-refractivity contribution in [3.63, 3.8) is 0 Å². The van der Waals surface area contributed by atoms with Crippen molar-refractivity contribution in [2.24, 2.45) is 0 Å². The summed E-state index contributed by atoms with van der Waals surface area (Å²) in [5, 5.41) is 2.69. The molecule has 2 aromatic carbocycles. The van der Waals surface area contributed by atoms with Crippen LogP contribution in [0.3, 0.4) is 0 Å². The first kappa shape index (κ1) is 20.8. The highest BCUT2D eigenvalue weighted by atomic mass is 16.5. The maximum Gasteiger partial charge on any atom is 0.337 e. The number of benzene rings is 2. The molecule has 8 heteroatoms. The van der Waals surface area contributed by atoms with E-state index < -0.39 is 11.9 Å². The fourth-order valence-corrected chi connectivity index (χ4v) is 2.53. The van der Waals surface area contributed by atoms with Gasteiger partial charge in [0.05, 0.1) is 32.6 Å². The molecule has 0 bridgehead atoms. The molecule has 0 aliphatic heterocycles. The highest BCUT2D eigenvalue weighted by molar-refractivity contribution is 6.02. The largest absolute Gasteiger partial charge is 0.497 e. The van der Waals surface area contributed by atoms with Gasteiger partial charge in [-0.25, -0.2) is 4.79 Å². The van der Waals surface area contributed by atoms with Crippen molar-refractivity contribution in [1.82, 2.24) is 0 Å². The topological polar surface area (TPSA) is 94.2 Å². The Kier molecular flexibility index (Phi) is 6.97. The summed E-state index contributed by atoms with van der Waals surface area (Å²) >= 11 is 0. The molecule has 8 nitrogen and oxygen atoms in total. The number of esters is 1. The highest BCUT2D eigenvalue weighted by Crippen LogP contribution is 2.32. The second-order valence-electron chi connectivity index (χ2n) is 5.76. The van der Waals surface area contributed by atoms with E-state index in [2.05, 4.69) is 10.1 Å². The normalized spacial score (nSPS) is 10.0. The third kappa shape index (κ3) is 5.00. The lowest BCUT2D eigenvalue weighted by atomic mass is 10.2. The SMILES string of the molecule is COC(=O)c1ccc(NC(=O)CN(C(C)=O)c2ccc(OC)cc2OC)cc1. The number of amides is 2. The maximum atomic E-state index is 12.4. The van der Waals surface area contributed by atoms with Crippen molar-refractivity contribution in [2.45, 2.75) is 6.92 Å². The van der Waals surface area contributed by atoms with Crippen molar-refractivity contribution < 1.29 is 28.6 Å². The summed E-state index contributed by atoms with van der Waals surface area (Å²) in [7, 11) is 4.29. The van der Waals surface area contributed by atoms with E-state index in [4.69, 9.17) is 9.47 Å². The standard InChI is InChI=1S/C20H22N2O6/c1-13(23)22(17-10-9-16(26-2)11-18(17)27-3)12-19(24)21-15-7-5-14(6-8-15)20(25)28-4/h5-11H,12H2,1-4H3,(H,21,24). The smallest absolute Gasteiger partial charge is 0.337 e. The quantitative estimate of drug-likeness (QED) is 0.735. The minimum absolute atomic E-state index is 0.212. The molecule has 0 heterocycles. The van der Waals surface area contributed by atoms with E-state index >= 15 is 0 Å². The molecule has 0 aliphatic rings. The lowest BCUT2D eigenvalue weighted by molar-refractivity contribution is -0.120. The van der Waals surface area contributed by atoms with Crippen LogP contribution in [0.4, 0.5) is 11.4 Å². The summed E-state index contributed by atoms with van der Waals surface area (Å²) < 4.78 is 15.1. The number of carbonyl (C=O) groups excluding carboxylic acids is 3. The third-order valence-corrected chi connectivity index (χ3v) is 3.95. The Labute approximate surface area is 163 Å². The number of methoxy groups -OCH3 is 3. The maximum absolute atomic E-state index is 12.4. The fourth-order valence-electron chi connectivity index (χ4n) is 2.53. The van der Waals surface area contributed by atoms with Gasteiger partial charge in [0.25, 0.3) is 0 Å². The van der Waals surface area contributed by atoms with Crippen molar-refractivity contribution in [3.05, 3.63) is 48.0 Å². The van der Waals surface area contributed by atoms with Gasteiger partial charge in [-0.3, -0.25) is 14.5 Å². The van der Waals surface area contributed by atoms with Crippen molar-refractivity contribution >= 4 is 29.2 Å². The van der Waals surface area contributed by atoms with Gasteiger partial charge in [0.2, 0.25) is 11.8 Å². The van der Waals surface area contributed by atoms with Crippen LogP contribution in [-0.4, -0.2) is 45.7 Å². The van der Waals surface area contributed by atoms with Crippen molar-refractivity contribution in [3.8, 4) is 11.5 Å². The number of carbonyl (C=O) groups is 3. The summed E-state index contributed by atoms with van der Waals surface area (Å²) in [5.41, 5.74) is 1.31. The van der Waals surface area contributed by atoms with Gasteiger partial charge < -0.3 is 19.5 Å². The molecule has 2 amide bonds. The number of nitrogens with zero attached hydrogens (tertiary/aromatic N) is 1. The van der Waals surface area contributed by atoms with Crippen molar-refractivity contribution in [2.75, 3.05) is 38.1 Å². The molecule has 148 valence electrons. The molecule has 0 unspecified atom stereocenters. The molecule has 1 N–H and O–H groups in total. The first-order valence-electron chi connectivity index (χ1n) is 8.38. The van der Waals surface area contributed by atoms with Gasteiger partial charge in [-0.05, 0) is 36.4 Å². The van der Waals surface area contributed by atoms with Crippen LogP contribution in [0, 0.1) is 0 Å². The Balaban J connectivity index is 2.15. The zero-order valence-electron chi connectivity index (χ0n) is 16.1. The molecule has 28 heavy (non-hydrogen) atoms. The van der Waals surface area contributed by atoms with E-state index in [0.717, 1.165) is 0 Å². The first-order valence-corrected chi connectivity index (χ1v) is 8.38.